The first-order valence-electron chi connectivity index (χ1n) is 9.68. The fraction of sp³-hybridized carbons (Fsp3) is 0.250. The molecule has 0 aromatic heterocycles. The van der Waals surface area contributed by atoms with Crippen LogP contribution in [0.2, 0.25) is 0 Å². The van der Waals surface area contributed by atoms with Gasteiger partial charge in [0.25, 0.3) is 11.8 Å². The summed E-state index contributed by atoms with van der Waals surface area (Å²) in [6.07, 6.45) is 1.54. The molecular formula is C24H23NO6. The number of fused-ring (bicyclic) bond motifs is 1. The molecule has 2 aromatic carbocycles. The molecule has 0 radical (unpaired) electrons. The molecule has 7 nitrogen and oxygen atoms in total. The zero-order valence-electron chi connectivity index (χ0n) is 17.8. The highest BCUT2D eigenvalue weighted by Gasteiger charge is 2.36. The Morgan fingerprint density at radius 1 is 0.935 bits per heavy atom. The van der Waals surface area contributed by atoms with Crippen molar-refractivity contribution in [2.24, 2.45) is 0 Å². The van der Waals surface area contributed by atoms with Gasteiger partial charge in [0.2, 0.25) is 0 Å². The van der Waals surface area contributed by atoms with Gasteiger partial charge < -0.3 is 9.47 Å². The number of hydrogen-bond acceptors (Lipinski definition) is 6. The Hall–Kier alpha value is -3.74. The van der Waals surface area contributed by atoms with Crippen LogP contribution in [0.3, 0.4) is 0 Å². The maximum Gasteiger partial charge on any atom is 0.337 e. The maximum atomic E-state index is 12.8. The second kappa shape index (κ2) is 8.55. The monoisotopic (exact) mass is 421 g/mol. The Kier molecular flexibility index (Phi) is 6.06. The van der Waals surface area contributed by atoms with Gasteiger partial charge in [-0.2, -0.15) is 0 Å². The third-order valence-electron chi connectivity index (χ3n) is 4.54. The zero-order chi connectivity index (χ0) is 22.8. The van der Waals surface area contributed by atoms with E-state index in [1.165, 1.54) is 7.11 Å². The summed E-state index contributed by atoms with van der Waals surface area (Å²) in [6.45, 7) is 4.96. The lowest BCUT2D eigenvalue weighted by Crippen LogP contribution is -2.35. The molecule has 0 saturated carbocycles. The quantitative estimate of drug-likeness (QED) is 0.417. The van der Waals surface area contributed by atoms with Crippen molar-refractivity contribution in [2.75, 3.05) is 13.7 Å². The largest absolute Gasteiger partial charge is 0.465 e. The van der Waals surface area contributed by atoms with Crippen LogP contribution < -0.4 is 0 Å². The number of methoxy groups -OCH3 is 1. The molecule has 2 amide bonds. The number of imide groups is 1. The highest BCUT2D eigenvalue weighted by atomic mass is 16.6. The van der Waals surface area contributed by atoms with E-state index < -0.39 is 29.4 Å². The minimum Gasteiger partial charge on any atom is -0.465 e. The van der Waals surface area contributed by atoms with E-state index in [1.807, 2.05) is 0 Å². The Balaban J connectivity index is 1.93. The smallest absolute Gasteiger partial charge is 0.337 e. The molecule has 1 heterocycles. The molecule has 0 spiro atoms. The van der Waals surface area contributed by atoms with Gasteiger partial charge in [0.05, 0.1) is 35.9 Å². The van der Waals surface area contributed by atoms with Gasteiger partial charge in [-0.3, -0.25) is 14.5 Å². The molecule has 0 aliphatic carbocycles. The van der Waals surface area contributed by atoms with Crippen molar-refractivity contribution in [2.45, 2.75) is 26.4 Å². The first-order chi connectivity index (χ1) is 14.6. The van der Waals surface area contributed by atoms with E-state index in [-0.39, 0.29) is 12.1 Å². The molecule has 0 atom stereocenters. The van der Waals surface area contributed by atoms with Crippen LogP contribution in [-0.2, 0) is 14.3 Å². The van der Waals surface area contributed by atoms with E-state index in [1.54, 1.807) is 75.4 Å². The first kappa shape index (κ1) is 22.0. The van der Waals surface area contributed by atoms with Gasteiger partial charge in [0.1, 0.15) is 5.60 Å². The summed E-state index contributed by atoms with van der Waals surface area (Å²) >= 11 is 0. The maximum absolute atomic E-state index is 12.8. The van der Waals surface area contributed by atoms with Gasteiger partial charge in [-0.1, -0.05) is 24.3 Å². The van der Waals surface area contributed by atoms with Crippen LogP contribution >= 0.6 is 0 Å². The fourth-order valence-corrected chi connectivity index (χ4v) is 3.10. The summed E-state index contributed by atoms with van der Waals surface area (Å²) in [5.74, 6) is -2.04. The van der Waals surface area contributed by atoms with E-state index in [0.717, 1.165) is 4.90 Å². The predicted molar refractivity (Wildman–Crippen MR) is 113 cm³/mol. The number of carbonyl (C=O) groups is 4. The third-order valence-corrected chi connectivity index (χ3v) is 4.54. The van der Waals surface area contributed by atoms with Gasteiger partial charge in [0.15, 0.2) is 0 Å². The number of amides is 2. The molecule has 31 heavy (non-hydrogen) atoms. The first-order valence-corrected chi connectivity index (χ1v) is 9.68. The minimum absolute atomic E-state index is 0.134. The van der Waals surface area contributed by atoms with Gasteiger partial charge in [-0.15, -0.1) is 0 Å². The molecule has 2 aromatic rings. The van der Waals surface area contributed by atoms with Crippen molar-refractivity contribution in [3.8, 4) is 0 Å². The zero-order valence-corrected chi connectivity index (χ0v) is 17.8. The van der Waals surface area contributed by atoms with E-state index in [4.69, 9.17) is 4.74 Å². The number of rotatable bonds is 5. The predicted octanol–water partition coefficient (Wildman–Crippen LogP) is 3.49. The average molecular weight is 421 g/mol. The van der Waals surface area contributed by atoms with E-state index in [0.29, 0.717) is 22.3 Å². The second-order valence-electron chi connectivity index (χ2n) is 8.03. The SMILES string of the molecule is COC(=O)c1ccc(/C=C(/CN2C(=O)c3ccccc3C2=O)C(=O)OC(C)(C)C)cc1. The van der Waals surface area contributed by atoms with Gasteiger partial charge in [0, 0.05) is 0 Å². The summed E-state index contributed by atoms with van der Waals surface area (Å²) < 4.78 is 10.2. The fourth-order valence-electron chi connectivity index (χ4n) is 3.10. The molecular weight excluding hydrogens is 398 g/mol. The highest BCUT2D eigenvalue weighted by molar-refractivity contribution is 6.21. The van der Waals surface area contributed by atoms with E-state index >= 15 is 0 Å². The van der Waals surface area contributed by atoms with Crippen molar-refractivity contribution >= 4 is 29.8 Å². The van der Waals surface area contributed by atoms with Crippen LogP contribution in [-0.4, -0.2) is 47.9 Å². The number of benzene rings is 2. The lowest BCUT2D eigenvalue weighted by atomic mass is 10.1. The van der Waals surface area contributed by atoms with Crippen LogP contribution in [0, 0.1) is 0 Å². The normalized spacial score (nSPS) is 13.8. The van der Waals surface area contributed by atoms with E-state index in [2.05, 4.69) is 4.74 Å². The minimum atomic E-state index is -0.757. The summed E-state index contributed by atoms with van der Waals surface area (Å²) in [7, 11) is 1.29. The average Bonchev–Trinajstić information content (AvgIpc) is 2.97. The summed E-state index contributed by atoms with van der Waals surface area (Å²) in [5.41, 5.74) is 0.948. The van der Waals surface area contributed by atoms with Crippen LogP contribution in [0.5, 0.6) is 0 Å². The van der Waals surface area contributed by atoms with Crippen LogP contribution in [0.4, 0.5) is 0 Å². The molecule has 0 unspecified atom stereocenters. The summed E-state index contributed by atoms with van der Waals surface area (Å²) in [5, 5.41) is 0. The number of ether oxygens (including phenoxy) is 2. The summed E-state index contributed by atoms with van der Waals surface area (Å²) in [6, 6.07) is 12.9. The topological polar surface area (TPSA) is 90.0 Å². The van der Waals surface area contributed by atoms with Crippen molar-refractivity contribution in [3.05, 3.63) is 76.4 Å². The van der Waals surface area contributed by atoms with Crippen molar-refractivity contribution in [3.63, 3.8) is 0 Å². The molecule has 0 saturated heterocycles. The number of carbonyl (C=O) groups excluding carboxylic acids is 4. The molecule has 0 N–H and O–H groups in total. The van der Waals surface area contributed by atoms with Crippen molar-refractivity contribution in [1.29, 1.82) is 0 Å². The van der Waals surface area contributed by atoms with Gasteiger partial charge in [-0.05, 0) is 56.7 Å². The van der Waals surface area contributed by atoms with Crippen LogP contribution in [0.15, 0.2) is 54.1 Å². The Morgan fingerprint density at radius 2 is 1.48 bits per heavy atom. The number of nitrogens with zero attached hydrogens (tertiary/aromatic N) is 1. The summed E-state index contributed by atoms with van der Waals surface area (Å²) in [4.78, 5) is 51.0. The third kappa shape index (κ3) is 4.88. The Labute approximate surface area is 180 Å². The number of hydrogen-bond donors (Lipinski definition) is 0. The lowest BCUT2D eigenvalue weighted by molar-refractivity contribution is -0.149. The van der Waals surface area contributed by atoms with Gasteiger partial charge >= 0.3 is 11.9 Å². The Morgan fingerprint density at radius 3 is 1.97 bits per heavy atom. The molecule has 0 bridgehead atoms. The second-order valence-corrected chi connectivity index (χ2v) is 8.03. The molecule has 1 aliphatic rings. The lowest BCUT2D eigenvalue weighted by Gasteiger charge is -2.22. The molecule has 160 valence electrons. The molecule has 0 fully saturated rings. The molecule has 7 heteroatoms. The number of esters is 2. The van der Waals surface area contributed by atoms with Crippen LogP contribution in [0.1, 0.15) is 57.4 Å². The van der Waals surface area contributed by atoms with Gasteiger partial charge in [-0.25, -0.2) is 9.59 Å². The molecule has 1 aliphatic heterocycles. The van der Waals surface area contributed by atoms with Crippen molar-refractivity contribution in [1.82, 2.24) is 4.90 Å². The molecule has 3 rings (SSSR count). The van der Waals surface area contributed by atoms with Crippen molar-refractivity contribution < 1.29 is 28.7 Å². The van der Waals surface area contributed by atoms with Crippen LogP contribution in [0.25, 0.3) is 6.08 Å². The standard InChI is InChI=1S/C24H23NO6/c1-24(2,3)31-23(29)17(13-15-9-11-16(12-10-15)22(28)30-4)14-25-20(26)18-7-5-6-8-19(18)21(25)27/h5-13H,14H2,1-4H3/b17-13-. The van der Waals surface area contributed by atoms with E-state index in [9.17, 15) is 19.2 Å². The highest BCUT2D eigenvalue weighted by Crippen LogP contribution is 2.25. The Bertz CT molecular complexity index is 1040.